The summed E-state index contributed by atoms with van der Waals surface area (Å²) in [4.78, 5) is 12.3. The molecule has 116 valence electrons. The predicted octanol–water partition coefficient (Wildman–Crippen LogP) is 4.84. The van der Waals surface area contributed by atoms with Gasteiger partial charge in [0.15, 0.2) is 0 Å². The molecule has 2 aromatic carbocycles. The standard InChI is InChI=1S/C17H10BrF2NO2/c18-14-6-7-15(23-17(19)20)12(9-14)8-13(10-21)16(22)11-4-2-1-3-5-11/h1-9,17H/b13-8+. The van der Waals surface area contributed by atoms with E-state index in [2.05, 4.69) is 20.7 Å². The van der Waals surface area contributed by atoms with E-state index < -0.39 is 12.4 Å². The molecule has 0 radical (unpaired) electrons. The quantitative estimate of drug-likeness (QED) is 0.425. The number of carbonyl (C=O) groups is 1. The van der Waals surface area contributed by atoms with Gasteiger partial charge in [0.1, 0.15) is 17.4 Å². The van der Waals surface area contributed by atoms with E-state index >= 15 is 0 Å². The van der Waals surface area contributed by atoms with Crippen molar-refractivity contribution in [3.05, 3.63) is 69.7 Å². The molecule has 6 heteroatoms. The highest BCUT2D eigenvalue weighted by Gasteiger charge is 2.14. The Bertz CT molecular complexity index is 783. The number of ketones is 1. The van der Waals surface area contributed by atoms with Crippen LogP contribution in [0.5, 0.6) is 5.75 Å². The number of allylic oxidation sites excluding steroid dienone is 1. The van der Waals surface area contributed by atoms with Crippen molar-refractivity contribution in [3.63, 3.8) is 0 Å². The maximum Gasteiger partial charge on any atom is 0.387 e. The number of rotatable bonds is 5. The summed E-state index contributed by atoms with van der Waals surface area (Å²) in [6.45, 7) is -3.00. The van der Waals surface area contributed by atoms with Crippen molar-refractivity contribution in [2.75, 3.05) is 0 Å². The number of nitrogens with zero attached hydrogens (tertiary/aromatic N) is 1. The van der Waals surface area contributed by atoms with Gasteiger partial charge in [-0.3, -0.25) is 4.79 Å². The Hall–Kier alpha value is -2.52. The summed E-state index contributed by atoms with van der Waals surface area (Å²) < 4.78 is 29.9. The van der Waals surface area contributed by atoms with Gasteiger partial charge in [-0.15, -0.1) is 0 Å². The summed E-state index contributed by atoms with van der Waals surface area (Å²) in [6, 6.07) is 14.4. The topological polar surface area (TPSA) is 50.1 Å². The first-order valence-electron chi connectivity index (χ1n) is 6.47. The zero-order valence-corrected chi connectivity index (χ0v) is 13.3. The molecule has 0 aliphatic rings. The molecule has 0 amide bonds. The lowest BCUT2D eigenvalue weighted by molar-refractivity contribution is -0.0499. The zero-order chi connectivity index (χ0) is 16.8. The van der Waals surface area contributed by atoms with E-state index in [0.29, 0.717) is 10.0 Å². The molecular formula is C17H10BrF2NO2. The summed E-state index contributed by atoms with van der Waals surface area (Å²) in [5.41, 5.74) is 0.376. The van der Waals surface area contributed by atoms with Crippen LogP contribution < -0.4 is 4.74 Å². The van der Waals surface area contributed by atoms with Crippen LogP contribution in [0.15, 0.2) is 58.6 Å². The van der Waals surface area contributed by atoms with Gasteiger partial charge in [0.05, 0.1) is 0 Å². The fraction of sp³-hybridized carbons (Fsp3) is 0.0588. The van der Waals surface area contributed by atoms with Gasteiger partial charge in [0.2, 0.25) is 5.78 Å². The molecule has 0 unspecified atom stereocenters. The molecule has 2 rings (SSSR count). The molecular weight excluding hydrogens is 368 g/mol. The molecule has 0 heterocycles. The van der Waals surface area contributed by atoms with Crippen LogP contribution in [-0.4, -0.2) is 12.4 Å². The third-order valence-electron chi connectivity index (χ3n) is 2.89. The Kier molecular flexibility index (Phi) is 5.61. The molecule has 0 fully saturated rings. The van der Waals surface area contributed by atoms with Gasteiger partial charge in [-0.1, -0.05) is 46.3 Å². The van der Waals surface area contributed by atoms with Gasteiger partial charge in [0, 0.05) is 15.6 Å². The highest BCUT2D eigenvalue weighted by Crippen LogP contribution is 2.27. The monoisotopic (exact) mass is 377 g/mol. The van der Waals surface area contributed by atoms with Crippen molar-refractivity contribution >= 4 is 27.8 Å². The van der Waals surface area contributed by atoms with Crippen LogP contribution in [0.3, 0.4) is 0 Å². The number of benzene rings is 2. The molecule has 0 N–H and O–H groups in total. The Balaban J connectivity index is 2.44. The first-order chi connectivity index (χ1) is 11.0. The van der Waals surface area contributed by atoms with Crippen LogP contribution >= 0.6 is 15.9 Å². The average Bonchev–Trinajstić information content (AvgIpc) is 2.54. The van der Waals surface area contributed by atoms with Gasteiger partial charge >= 0.3 is 6.61 Å². The molecule has 23 heavy (non-hydrogen) atoms. The molecule has 2 aromatic rings. The third-order valence-corrected chi connectivity index (χ3v) is 3.38. The van der Waals surface area contributed by atoms with Gasteiger partial charge < -0.3 is 4.74 Å². The summed E-state index contributed by atoms with van der Waals surface area (Å²) in [7, 11) is 0. The van der Waals surface area contributed by atoms with Crippen LogP contribution in [-0.2, 0) is 0 Å². The predicted molar refractivity (Wildman–Crippen MR) is 85.1 cm³/mol. The molecule has 0 spiro atoms. The lowest BCUT2D eigenvalue weighted by atomic mass is 10.0. The number of nitriles is 1. The van der Waals surface area contributed by atoms with E-state index in [4.69, 9.17) is 0 Å². The number of carbonyl (C=O) groups excluding carboxylic acids is 1. The molecule has 0 aliphatic carbocycles. The summed E-state index contributed by atoms with van der Waals surface area (Å²) >= 11 is 3.22. The molecule has 0 saturated carbocycles. The minimum atomic E-state index is -3.00. The Morgan fingerprint density at radius 1 is 1.22 bits per heavy atom. The molecule has 0 bridgehead atoms. The van der Waals surface area contributed by atoms with Crippen molar-refractivity contribution in [3.8, 4) is 11.8 Å². The van der Waals surface area contributed by atoms with Crippen LogP contribution in [0.25, 0.3) is 6.08 Å². The van der Waals surface area contributed by atoms with E-state index in [-0.39, 0.29) is 16.9 Å². The smallest absolute Gasteiger partial charge is 0.387 e. The zero-order valence-electron chi connectivity index (χ0n) is 11.7. The van der Waals surface area contributed by atoms with E-state index in [1.54, 1.807) is 36.4 Å². The molecule has 0 atom stereocenters. The normalized spacial score (nSPS) is 11.2. The van der Waals surface area contributed by atoms with Crippen LogP contribution in [0.4, 0.5) is 8.78 Å². The summed E-state index contributed by atoms with van der Waals surface area (Å²) in [6.07, 6.45) is 1.23. The first-order valence-corrected chi connectivity index (χ1v) is 7.26. The van der Waals surface area contributed by atoms with Crippen LogP contribution in [0.1, 0.15) is 15.9 Å². The lowest BCUT2D eigenvalue weighted by Crippen LogP contribution is -2.05. The van der Waals surface area contributed by atoms with Crippen molar-refractivity contribution in [2.45, 2.75) is 6.61 Å². The average molecular weight is 378 g/mol. The highest BCUT2D eigenvalue weighted by atomic mass is 79.9. The van der Waals surface area contributed by atoms with Gasteiger partial charge in [0.25, 0.3) is 0 Å². The minimum absolute atomic E-state index is 0.114. The molecule has 0 aliphatic heterocycles. The summed E-state index contributed by atoms with van der Waals surface area (Å²) in [5, 5.41) is 9.22. The van der Waals surface area contributed by atoms with Crippen LogP contribution in [0.2, 0.25) is 0 Å². The van der Waals surface area contributed by atoms with E-state index in [0.717, 1.165) is 0 Å². The van der Waals surface area contributed by atoms with E-state index in [9.17, 15) is 18.8 Å². The lowest BCUT2D eigenvalue weighted by Gasteiger charge is -2.09. The maximum absolute atomic E-state index is 12.5. The SMILES string of the molecule is N#C/C(=C\c1cc(Br)ccc1OC(F)F)C(=O)c1ccccc1. The number of halogens is 3. The fourth-order valence-electron chi connectivity index (χ4n) is 1.88. The summed E-state index contributed by atoms with van der Waals surface area (Å²) in [5.74, 6) is -0.604. The van der Waals surface area contributed by atoms with Crippen LogP contribution in [0, 0.1) is 11.3 Å². The number of hydrogen-bond acceptors (Lipinski definition) is 3. The molecule has 0 saturated heterocycles. The second kappa shape index (κ2) is 7.65. The van der Waals surface area contributed by atoms with Gasteiger partial charge in [-0.25, -0.2) is 0 Å². The number of ether oxygens (including phenoxy) is 1. The second-order valence-electron chi connectivity index (χ2n) is 4.43. The van der Waals surface area contributed by atoms with Crippen molar-refractivity contribution in [1.29, 1.82) is 5.26 Å². The largest absolute Gasteiger partial charge is 0.434 e. The molecule has 0 aromatic heterocycles. The number of Topliss-reactive ketones (excluding diaryl/α,β-unsaturated/α-hetero) is 1. The first kappa shape index (κ1) is 16.8. The van der Waals surface area contributed by atoms with Crippen molar-refractivity contribution in [2.24, 2.45) is 0 Å². The second-order valence-corrected chi connectivity index (χ2v) is 5.34. The molecule has 3 nitrogen and oxygen atoms in total. The van der Waals surface area contributed by atoms with E-state index in [1.165, 1.54) is 24.3 Å². The third kappa shape index (κ3) is 4.47. The Morgan fingerprint density at radius 3 is 2.52 bits per heavy atom. The van der Waals surface area contributed by atoms with Gasteiger partial charge in [-0.2, -0.15) is 14.0 Å². The number of alkyl halides is 2. The highest BCUT2D eigenvalue weighted by molar-refractivity contribution is 9.10. The number of hydrogen-bond donors (Lipinski definition) is 0. The Labute approximate surface area is 139 Å². The minimum Gasteiger partial charge on any atom is -0.434 e. The Morgan fingerprint density at radius 2 is 1.91 bits per heavy atom. The fourth-order valence-corrected chi connectivity index (χ4v) is 2.26. The van der Waals surface area contributed by atoms with Crippen molar-refractivity contribution < 1.29 is 18.3 Å². The van der Waals surface area contributed by atoms with E-state index in [1.807, 2.05) is 0 Å². The maximum atomic E-state index is 12.5. The van der Waals surface area contributed by atoms with Crippen molar-refractivity contribution in [1.82, 2.24) is 0 Å². The van der Waals surface area contributed by atoms with Gasteiger partial charge in [-0.05, 0) is 24.3 Å².